The van der Waals surface area contributed by atoms with Gasteiger partial charge in [-0.05, 0) is 60.4 Å². The van der Waals surface area contributed by atoms with E-state index < -0.39 is 0 Å². The van der Waals surface area contributed by atoms with Gasteiger partial charge < -0.3 is 9.47 Å². The van der Waals surface area contributed by atoms with Gasteiger partial charge in [-0.15, -0.1) is 0 Å². The molecule has 0 aliphatic heterocycles. The molecule has 2 rings (SSSR count). The fourth-order valence-corrected chi connectivity index (χ4v) is 2.13. The highest BCUT2D eigenvalue weighted by Crippen LogP contribution is 2.18. The van der Waals surface area contributed by atoms with Gasteiger partial charge in [-0.25, -0.2) is 5.43 Å². The van der Waals surface area contributed by atoms with E-state index in [9.17, 15) is 4.79 Å². The Morgan fingerprint density at radius 2 is 1.64 bits per heavy atom. The van der Waals surface area contributed by atoms with Crippen LogP contribution in [0, 0.1) is 0 Å². The number of nitrogens with zero attached hydrogens (tertiary/aromatic N) is 1. The molecule has 0 radical (unpaired) electrons. The number of carbonyl (C=O) groups is 1. The second kappa shape index (κ2) is 9.47. The van der Waals surface area contributed by atoms with Crippen LogP contribution in [-0.2, 0) is 4.79 Å². The third-order valence-corrected chi connectivity index (χ3v) is 3.51. The van der Waals surface area contributed by atoms with E-state index in [1.807, 2.05) is 55.5 Å². The first-order chi connectivity index (χ1) is 12.1. The Hall–Kier alpha value is -2.82. The molecule has 0 fully saturated rings. The minimum Gasteiger partial charge on any atom is -0.494 e. The molecule has 0 unspecified atom stereocenters. The molecule has 5 heteroatoms. The quantitative estimate of drug-likeness (QED) is 0.588. The molecule has 2 aromatic rings. The topological polar surface area (TPSA) is 59.9 Å². The lowest BCUT2D eigenvalue weighted by molar-refractivity contribution is -0.123. The second-order valence-corrected chi connectivity index (χ2v) is 5.81. The number of rotatable bonds is 8. The summed E-state index contributed by atoms with van der Waals surface area (Å²) in [6.07, 6.45) is 1.57. The first kappa shape index (κ1) is 18.5. The van der Waals surface area contributed by atoms with Crippen molar-refractivity contribution in [1.82, 2.24) is 5.43 Å². The van der Waals surface area contributed by atoms with Gasteiger partial charge in [-0.1, -0.05) is 26.0 Å². The minimum atomic E-state index is -0.310. The van der Waals surface area contributed by atoms with Gasteiger partial charge >= 0.3 is 0 Å². The van der Waals surface area contributed by atoms with E-state index in [2.05, 4.69) is 24.4 Å². The summed E-state index contributed by atoms with van der Waals surface area (Å²) in [5.41, 5.74) is 4.55. The number of ether oxygens (including phenoxy) is 2. The van der Waals surface area contributed by atoms with Gasteiger partial charge in [0.05, 0.1) is 12.8 Å². The minimum absolute atomic E-state index is 0.0817. The molecule has 2 aromatic carbocycles. The lowest BCUT2D eigenvalue weighted by Crippen LogP contribution is -2.24. The van der Waals surface area contributed by atoms with Crippen LogP contribution in [-0.4, -0.2) is 25.3 Å². The summed E-state index contributed by atoms with van der Waals surface area (Å²) in [4.78, 5) is 11.8. The zero-order chi connectivity index (χ0) is 18.1. The maximum atomic E-state index is 11.8. The van der Waals surface area contributed by atoms with Crippen molar-refractivity contribution >= 4 is 12.1 Å². The van der Waals surface area contributed by atoms with Crippen LogP contribution < -0.4 is 14.9 Å². The van der Waals surface area contributed by atoms with Gasteiger partial charge in [-0.3, -0.25) is 4.79 Å². The van der Waals surface area contributed by atoms with Crippen LogP contribution in [0.25, 0.3) is 0 Å². The van der Waals surface area contributed by atoms with E-state index in [1.54, 1.807) is 6.21 Å². The summed E-state index contributed by atoms with van der Waals surface area (Å²) in [7, 11) is 0. The van der Waals surface area contributed by atoms with Crippen LogP contribution in [0.3, 0.4) is 0 Å². The molecule has 0 spiro atoms. The molecule has 1 N–H and O–H groups in total. The Bertz CT molecular complexity index is 692. The monoisotopic (exact) mass is 340 g/mol. The molecule has 0 aliphatic carbocycles. The molecule has 0 atom stereocenters. The first-order valence-corrected chi connectivity index (χ1v) is 8.36. The van der Waals surface area contributed by atoms with Crippen molar-refractivity contribution in [2.24, 2.45) is 5.10 Å². The third-order valence-electron chi connectivity index (χ3n) is 3.51. The summed E-state index contributed by atoms with van der Waals surface area (Å²) in [5, 5.41) is 3.92. The van der Waals surface area contributed by atoms with Crippen molar-refractivity contribution in [3.8, 4) is 11.5 Å². The van der Waals surface area contributed by atoms with Crippen LogP contribution in [0.1, 0.15) is 37.8 Å². The number of benzene rings is 2. The van der Waals surface area contributed by atoms with Crippen molar-refractivity contribution < 1.29 is 14.3 Å². The number of hydrazone groups is 1. The second-order valence-electron chi connectivity index (χ2n) is 5.81. The molecule has 0 aromatic heterocycles. The Morgan fingerprint density at radius 1 is 1.04 bits per heavy atom. The number of carbonyl (C=O) groups excluding carboxylic acids is 1. The Labute approximate surface area is 148 Å². The zero-order valence-electron chi connectivity index (χ0n) is 14.9. The van der Waals surface area contributed by atoms with Gasteiger partial charge in [-0.2, -0.15) is 5.10 Å². The normalized spacial score (nSPS) is 10.9. The van der Waals surface area contributed by atoms with Crippen LogP contribution in [0.2, 0.25) is 0 Å². The lowest BCUT2D eigenvalue weighted by Gasteiger charge is -2.08. The predicted octanol–water partition coefficient (Wildman–Crippen LogP) is 3.74. The van der Waals surface area contributed by atoms with Gasteiger partial charge in [0.2, 0.25) is 0 Å². The van der Waals surface area contributed by atoms with Crippen LogP contribution in [0.5, 0.6) is 11.5 Å². The highest BCUT2D eigenvalue weighted by atomic mass is 16.5. The Kier molecular flexibility index (Phi) is 7.01. The van der Waals surface area contributed by atoms with E-state index in [-0.39, 0.29) is 12.5 Å². The van der Waals surface area contributed by atoms with Crippen molar-refractivity contribution in [1.29, 1.82) is 0 Å². The maximum Gasteiger partial charge on any atom is 0.277 e. The molecule has 5 nitrogen and oxygen atoms in total. The van der Waals surface area contributed by atoms with Crippen molar-refractivity contribution in [3.63, 3.8) is 0 Å². The van der Waals surface area contributed by atoms with E-state index in [0.29, 0.717) is 18.3 Å². The van der Waals surface area contributed by atoms with E-state index in [0.717, 1.165) is 11.3 Å². The smallest absolute Gasteiger partial charge is 0.277 e. The maximum absolute atomic E-state index is 11.8. The molecule has 0 saturated carbocycles. The Morgan fingerprint density at radius 3 is 2.24 bits per heavy atom. The molecule has 0 heterocycles. The highest BCUT2D eigenvalue weighted by Gasteiger charge is 2.03. The van der Waals surface area contributed by atoms with Crippen molar-refractivity contribution in [2.45, 2.75) is 26.7 Å². The van der Waals surface area contributed by atoms with E-state index in [4.69, 9.17) is 9.47 Å². The van der Waals surface area contributed by atoms with Crippen LogP contribution >= 0.6 is 0 Å². The van der Waals surface area contributed by atoms with Crippen LogP contribution in [0.15, 0.2) is 53.6 Å². The standard InChI is InChI=1S/C20H24N2O3/c1-4-24-18-9-5-16(6-10-18)13-21-22-20(23)14-25-19-11-7-17(8-12-19)15(2)3/h5-13,15H,4,14H2,1-3H3,(H,22,23). The molecule has 0 aliphatic rings. The number of nitrogens with one attached hydrogen (secondary N) is 1. The van der Waals surface area contributed by atoms with Gasteiger partial charge in [0.25, 0.3) is 5.91 Å². The fraction of sp³-hybridized carbons (Fsp3) is 0.300. The van der Waals surface area contributed by atoms with Crippen molar-refractivity contribution in [3.05, 3.63) is 59.7 Å². The summed E-state index contributed by atoms with van der Waals surface area (Å²) >= 11 is 0. The van der Waals surface area contributed by atoms with E-state index >= 15 is 0 Å². The summed E-state index contributed by atoms with van der Waals surface area (Å²) in [6.45, 7) is 6.74. The van der Waals surface area contributed by atoms with Gasteiger partial charge in [0, 0.05) is 0 Å². The van der Waals surface area contributed by atoms with Crippen LogP contribution in [0.4, 0.5) is 0 Å². The van der Waals surface area contributed by atoms with Gasteiger partial charge in [0.15, 0.2) is 6.61 Å². The molecule has 0 saturated heterocycles. The summed E-state index contributed by atoms with van der Waals surface area (Å²) in [6, 6.07) is 15.2. The zero-order valence-corrected chi connectivity index (χ0v) is 14.9. The number of hydrogen-bond acceptors (Lipinski definition) is 4. The molecule has 0 bridgehead atoms. The molecule has 25 heavy (non-hydrogen) atoms. The molecular formula is C20H24N2O3. The molecule has 132 valence electrons. The largest absolute Gasteiger partial charge is 0.494 e. The van der Waals surface area contributed by atoms with E-state index in [1.165, 1.54) is 5.56 Å². The number of amides is 1. The third kappa shape index (κ3) is 6.30. The molecule has 1 amide bonds. The van der Waals surface area contributed by atoms with Gasteiger partial charge in [0.1, 0.15) is 11.5 Å². The van der Waals surface area contributed by atoms with Crippen molar-refractivity contribution in [2.75, 3.05) is 13.2 Å². The fourth-order valence-electron chi connectivity index (χ4n) is 2.13. The predicted molar refractivity (Wildman–Crippen MR) is 99.4 cm³/mol. The first-order valence-electron chi connectivity index (χ1n) is 8.36. The average Bonchev–Trinajstić information content (AvgIpc) is 2.62. The summed E-state index contributed by atoms with van der Waals surface area (Å²) in [5.74, 6) is 1.63. The summed E-state index contributed by atoms with van der Waals surface area (Å²) < 4.78 is 10.8. The SMILES string of the molecule is CCOc1ccc(C=NNC(=O)COc2ccc(C(C)C)cc2)cc1. The Balaban J connectivity index is 1.76. The molecular weight excluding hydrogens is 316 g/mol. The highest BCUT2D eigenvalue weighted by molar-refractivity contribution is 5.83. The number of hydrogen-bond donors (Lipinski definition) is 1. The lowest BCUT2D eigenvalue weighted by atomic mass is 10.0. The average molecular weight is 340 g/mol.